The zero-order chi connectivity index (χ0) is 32.3. The van der Waals surface area contributed by atoms with Crippen LogP contribution in [0.15, 0.2) is 97.1 Å². The largest absolute Gasteiger partial charge is 0.508 e. The molecular weight excluding hydrogens is 592 g/mol. The maximum Gasteiger partial charge on any atom is 0.339 e. The molecule has 0 fully saturated rings. The third-order valence-corrected chi connectivity index (χ3v) is 7.08. The average Bonchev–Trinajstić information content (AvgIpc) is 3.07. The highest BCUT2D eigenvalue weighted by Gasteiger charge is 2.33. The van der Waals surface area contributed by atoms with Gasteiger partial charge in [0, 0.05) is 6.07 Å². The Morgan fingerprint density at radius 3 is 1.93 bits per heavy atom. The first-order valence-corrected chi connectivity index (χ1v) is 14.7. The lowest BCUT2D eigenvalue weighted by Gasteiger charge is -2.27. The number of hydrogen-bond acceptors (Lipinski definition) is 10. The van der Waals surface area contributed by atoms with Crippen molar-refractivity contribution in [3.8, 4) is 17.2 Å². The van der Waals surface area contributed by atoms with Gasteiger partial charge in [-0.15, -0.1) is 0 Å². The van der Waals surface area contributed by atoms with Crippen LogP contribution >= 0.6 is 0 Å². The highest BCUT2D eigenvalue weighted by atomic mass is 16.6. The minimum absolute atomic E-state index is 0.00445. The van der Waals surface area contributed by atoms with E-state index >= 15 is 0 Å². The van der Waals surface area contributed by atoms with E-state index in [0.717, 1.165) is 17.2 Å². The molecule has 1 atom stereocenters. The number of hydrogen-bond donors (Lipinski definition) is 1. The Labute approximate surface area is 265 Å². The van der Waals surface area contributed by atoms with Crippen LogP contribution in [0.2, 0.25) is 0 Å². The minimum Gasteiger partial charge on any atom is -0.508 e. The summed E-state index contributed by atoms with van der Waals surface area (Å²) >= 11 is 0. The number of ether oxygens (including phenoxy) is 5. The van der Waals surface area contributed by atoms with Crippen LogP contribution in [0.4, 0.5) is 0 Å². The van der Waals surface area contributed by atoms with E-state index in [2.05, 4.69) is 0 Å². The zero-order valence-corrected chi connectivity index (χ0v) is 24.9. The van der Waals surface area contributed by atoms with Crippen molar-refractivity contribution in [3.05, 3.63) is 125 Å². The standard InChI is InChI=1S/C36H32O10/c37-27-19-29(36(41)43-18-16-34(40)45-23-25-9-5-2-6-10-25)35-30(38)21-31(46-32(35)20-27)26-11-13-28(14-12-26)42-17-15-33(39)44-22-24-7-3-1-4-8-24/h1-14,19-20,31,37H,15-18,21-23H2. The first kappa shape index (κ1) is 31.8. The van der Waals surface area contributed by atoms with Gasteiger partial charge in [0.2, 0.25) is 0 Å². The van der Waals surface area contributed by atoms with Crippen LogP contribution in [0.3, 0.4) is 0 Å². The minimum atomic E-state index is -0.871. The number of benzene rings is 4. The molecule has 0 spiro atoms. The highest BCUT2D eigenvalue weighted by molar-refractivity contribution is 6.09. The van der Waals surface area contributed by atoms with Crippen molar-refractivity contribution in [2.75, 3.05) is 13.2 Å². The van der Waals surface area contributed by atoms with Crippen LogP contribution in [-0.2, 0) is 37.0 Å². The van der Waals surface area contributed by atoms with E-state index in [4.69, 9.17) is 23.7 Å². The molecule has 1 aliphatic rings. The van der Waals surface area contributed by atoms with Gasteiger partial charge in [0.15, 0.2) is 5.78 Å². The number of fused-ring (bicyclic) bond motifs is 1. The number of aromatic hydroxyl groups is 1. The maximum atomic E-state index is 13.2. The van der Waals surface area contributed by atoms with Crippen LogP contribution in [0.1, 0.15) is 62.8 Å². The Balaban J connectivity index is 1.11. The Hall–Kier alpha value is -5.64. The molecule has 0 saturated carbocycles. The number of carbonyl (C=O) groups excluding carboxylic acids is 4. The van der Waals surface area contributed by atoms with E-state index in [9.17, 15) is 24.3 Å². The van der Waals surface area contributed by atoms with Gasteiger partial charge in [0.25, 0.3) is 0 Å². The number of carbonyl (C=O) groups is 4. The Morgan fingerprint density at radius 2 is 1.33 bits per heavy atom. The smallest absolute Gasteiger partial charge is 0.339 e. The lowest BCUT2D eigenvalue weighted by atomic mass is 9.92. The second-order valence-corrected chi connectivity index (χ2v) is 10.4. The first-order valence-electron chi connectivity index (χ1n) is 14.7. The normalized spacial score (nSPS) is 13.6. The Kier molecular flexibility index (Phi) is 10.6. The van der Waals surface area contributed by atoms with Gasteiger partial charge in [-0.2, -0.15) is 0 Å². The molecule has 5 rings (SSSR count). The molecular formula is C36H32O10. The fraction of sp³-hybridized carbons (Fsp3) is 0.222. The molecule has 0 bridgehead atoms. The van der Waals surface area contributed by atoms with Gasteiger partial charge >= 0.3 is 17.9 Å². The summed E-state index contributed by atoms with van der Waals surface area (Å²) in [6.45, 7) is 0.163. The Bertz CT molecular complexity index is 1670. The van der Waals surface area contributed by atoms with Gasteiger partial charge in [0.05, 0.1) is 37.0 Å². The summed E-state index contributed by atoms with van der Waals surface area (Å²) < 4.78 is 27.4. The van der Waals surface area contributed by atoms with Crippen LogP contribution in [0.25, 0.3) is 0 Å². The monoisotopic (exact) mass is 624 g/mol. The van der Waals surface area contributed by atoms with E-state index in [1.54, 1.807) is 24.3 Å². The third kappa shape index (κ3) is 8.72. The molecule has 4 aromatic rings. The van der Waals surface area contributed by atoms with Gasteiger partial charge in [-0.05, 0) is 34.9 Å². The number of rotatable bonds is 13. The molecule has 10 heteroatoms. The topological polar surface area (TPSA) is 135 Å². The predicted octanol–water partition coefficient (Wildman–Crippen LogP) is 5.90. The molecule has 236 valence electrons. The quantitative estimate of drug-likeness (QED) is 0.141. The summed E-state index contributed by atoms with van der Waals surface area (Å²) in [6, 6.07) is 27.8. The van der Waals surface area contributed by atoms with Crippen LogP contribution in [0.5, 0.6) is 17.2 Å². The summed E-state index contributed by atoms with van der Waals surface area (Å²) in [5, 5.41) is 10.3. The lowest BCUT2D eigenvalue weighted by Crippen LogP contribution is -2.23. The Morgan fingerprint density at radius 1 is 0.739 bits per heavy atom. The van der Waals surface area contributed by atoms with Crippen LogP contribution in [0, 0.1) is 0 Å². The number of esters is 3. The van der Waals surface area contributed by atoms with Gasteiger partial charge in [-0.1, -0.05) is 72.8 Å². The van der Waals surface area contributed by atoms with E-state index < -0.39 is 18.0 Å². The van der Waals surface area contributed by atoms with Gasteiger partial charge in [0.1, 0.15) is 43.2 Å². The fourth-order valence-electron chi connectivity index (χ4n) is 4.75. The number of Topliss-reactive ketones (excluding diaryl/α,β-unsaturated/α-hetero) is 1. The lowest BCUT2D eigenvalue weighted by molar-refractivity contribution is -0.146. The predicted molar refractivity (Wildman–Crippen MR) is 164 cm³/mol. The van der Waals surface area contributed by atoms with E-state index in [-0.39, 0.29) is 80.1 Å². The van der Waals surface area contributed by atoms with E-state index in [1.807, 2.05) is 60.7 Å². The van der Waals surface area contributed by atoms with Crippen LogP contribution in [-0.4, -0.2) is 42.0 Å². The number of phenols is 1. The fourth-order valence-corrected chi connectivity index (χ4v) is 4.75. The number of ketones is 1. The third-order valence-electron chi connectivity index (χ3n) is 7.08. The zero-order valence-electron chi connectivity index (χ0n) is 24.9. The summed E-state index contributed by atoms with van der Waals surface area (Å²) in [6.07, 6.45) is -0.827. The SMILES string of the molecule is O=C(CCOC(=O)c1cc(O)cc2c1C(=O)CC(c1ccc(OCCC(=O)OCc3ccccc3)cc1)O2)OCc1ccccc1. The second-order valence-electron chi connectivity index (χ2n) is 10.4. The molecule has 0 aromatic heterocycles. The van der Waals surface area contributed by atoms with Crippen molar-refractivity contribution in [2.45, 2.75) is 38.6 Å². The highest BCUT2D eigenvalue weighted by Crippen LogP contribution is 2.39. The summed E-state index contributed by atoms with van der Waals surface area (Å²) in [7, 11) is 0. The van der Waals surface area contributed by atoms with Crippen molar-refractivity contribution in [1.29, 1.82) is 0 Å². The van der Waals surface area contributed by atoms with Crippen LogP contribution < -0.4 is 9.47 Å². The molecule has 0 amide bonds. The molecule has 1 N–H and O–H groups in total. The number of phenolic OH excluding ortho intramolecular Hbond substituents is 1. The van der Waals surface area contributed by atoms with E-state index in [0.29, 0.717) is 11.3 Å². The summed E-state index contributed by atoms with van der Waals surface area (Å²) in [5.74, 6) is -1.87. The van der Waals surface area contributed by atoms with Gasteiger partial charge < -0.3 is 28.8 Å². The van der Waals surface area contributed by atoms with Crippen molar-refractivity contribution in [2.24, 2.45) is 0 Å². The molecule has 0 saturated heterocycles. The molecule has 4 aromatic carbocycles. The average molecular weight is 625 g/mol. The van der Waals surface area contributed by atoms with Gasteiger partial charge in [-0.25, -0.2) is 4.79 Å². The first-order chi connectivity index (χ1) is 22.4. The molecule has 46 heavy (non-hydrogen) atoms. The molecule has 1 aliphatic heterocycles. The summed E-state index contributed by atoms with van der Waals surface area (Å²) in [4.78, 5) is 50.1. The second kappa shape index (κ2) is 15.4. The van der Waals surface area contributed by atoms with Crippen molar-refractivity contribution in [3.63, 3.8) is 0 Å². The van der Waals surface area contributed by atoms with Crippen molar-refractivity contribution in [1.82, 2.24) is 0 Å². The molecule has 0 radical (unpaired) electrons. The van der Waals surface area contributed by atoms with E-state index in [1.165, 1.54) is 6.07 Å². The van der Waals surface area contributed by atoms with Crippen molar-refractivity contribution < 1.29 is 48.0 Å². The van der Waals surface area contributed by atoms with Crippen molar-refractivity contribution >= 4 is 23.7 Å². The maximum absolute atomic E-state index is 13.2. The molecule has 1 unspecified atom stereocenters. The summed E-state index contributed by atoms with van der Waals surface area (Å²) in [5.41, 5.74) is 2.26. The molecule has 0 aliphatic carbocycles. The molecule has 1 heterocycles. The molecule has 10 nitrogen and oxygen atoms in total. The van der Waals surface area contributed by atoms with Gasteiger partial charge in [-0.3, -0.25) is 14.4 Å².